The fraction of sp³-hybridized carbons (Fsp3) is 0.370. The summed E-state index contributed by atoms with van der Waals surface area (Å²) in [6.07, 6.45) is 7.52. The summed E-state index contributed by atoms with van der Waals surface area (Å²) in [6.45, 7) is 6.46. The quantitative estimate of drug-likeness (QED) is 0.392. The summed E-state index contributed by atoms with van der Waals surface area (Å²) in [6, 6.07) is 7.92. The molecule has 2 fully saturated rings. The van der Waals surface area contributed by atoms with Crippen LogP contribution in [0.5, 0.6) is 5.75 Å². The van der Waals surface area contributed by atoms with Crippen molar-refractivity contribution in [3.8, 4) is 5.75 Å². The molecule has 9 heteroatoms. The number of benzene rings is 2. The lowest BCUT2D eigenvalue weighted by Gasteiger charge is -2.51. The van der Waals surface area contributed by atoms with E-state index in [-0.39, 0.29) is 10.9 Å². The number of piperidine rings is 1. The van der Waals surface area contributed by atoms with Gasteiger partial charge in [-0.05, 0) is 87.5 Å². The maximum atomic E-state index is 13.6. The van der Waals surface area contributed by atoms with Gasteiger partial charge < -0.3 is 20.3 Å². The highest BCUT2D eigenvalue weighted by Crippen LogP contribution is 2.52. The van der Waals surface area contributed by atoms with Gasteiger partial charge in [-0.3, -0.25) is 4.79 Å². The monoisotopic (exact) mass is 509 g/mol. The number of nitrogens with one attached hydrogen (secondary N) is 2. The molecular weight excluding hydrogens is 481 g/mol. The molecule has 1 saturated carbocycles. The molecule has 0 unspecified atom stereocenters. The predicted octanol–water partition coefficient (Wildman–Crippen LogP) is 5.79. The largest absolute Gasteiger partial charge is 0.491 e. The van der Waals surface area contributed by atoms with E-state index < -0.39 is 5.82 Å². The molecule has 5 rings (SSSR count). The Bertz CT molecular complexity index is 1300. The summed E-state index contributed by atoms with van der Waals surface area (Å²) in [5, 5.41) is 6.66. The Morgan fingerprint density at radius 3 is 2.78 bits per heavy atom. The van der Waals surface area contributed by atoms with E-state index in [0.717, 1.165) is 13.1 Å². The van der Waals surface area contributed by atoms with Crippen LogP contribution in [0, 0.1) is 17.2 Å². The number of halogens is 2. The minimum Gasteiger partial charge on any atom is -0.491 e. The Kier molecular flexibility index (Phi) is 6.81. The Balaban J connectivity index is 1.37. The molecule has 0 atom stereocenters. The van der Waals surface area contributed by atoms with Crippen LogP contribution in [-0.2, 0) is 4.79 Å². The third-order valence-corrected chi connectivity index (χ3v) is 7.62. The second-order valence-corrected chi connectivity index (χ2v) is 10.3. The predicted molar refractivity (Wildman–Crippen MR) is 140 cm³/mol. The first-order chi connectivity index (χ1) is 17.3. The van der Waals surface area contributed by atoms with Crippen molar-refractivity contribution >= 4 is 45.6 Å². The molecule has 1 aliphatic heterocycles. The van der Waals surface area contributed by atoms with Crippen molar-refractivity contribution in [1.29, 1.82) is 0 Å². The number of rotatable bonds is 7. The zero-order valence-corrected chi connectivity index (χ0v) is 20.9. The number of hydrogen-bond acceptors (Lipinski definition) is 6. The number of ether oxygens (including phenoxy) is 1. The number of hydrogen-bond donors (Lipinski definition) is 2. The third-order valence-electron chi connectivity index (χ3n) is 7.33. The first-order valence-corrected chi connectivity index (χ1v) is 12.5. The van der Waals surface area contributed by atoms with Gasteiger partial charge in [0, 0.05) is 17.1 Å². The zero-order chi connectivity index (χ0) is 25.3. The Labute approximate surface area is 214 Å². The molecule has 1 saturated heterocycles. The van der Waals surface area contributed by atoms with E-state index in [1.165, 1.54) is 50.2 Å². The first kappa shape index (κ1) is 24.5. The van der Waals surface area contributed by atoms with E-state index in [0.29, 0.717) is 51.8 Å². The summed E-state index contributed by atoms with van der Waals surface area (Å²) in [4.78, 5) is 23.3. The van der Waals surface area contributed by atoms with Crippen molar-refractivity contribution in [3.63, 3.8) is 0 Å². The van der Waals surface area contributed by atoms with E-state index in [2.05, 4.69) is 39.1 Å². The topological polar surface area (TPSA) is 79.4 Å². The van der Waals surface area contributed by atoms with Crippen LogP contribution in [-0.4, -0.2) is 47.5 Å². The fourth-order valence-corrected chi connectivity index (χ4v) is 5.47. The molecule has 1 spiro atoms. The number of likely N-dealkylation sites (tertiary alicyclic amines) is 1. The van der Waals surface area contributed by atoms with Crippen LogP contribution in [0.2, 0.25) is 5.02 Å². The molecule has 36 heavy (non-hydrogen) atoms. The normalized spacial score (nSPS) is 17.5. The van der Waals surface area contributed by atoms with Crippen molar-refractivity contribution in [2.75, 3.05) is 37.4 Å². The molecule has 3 aromatic rings. The van der Waals surface area contributed by atoms with Gasteiger partial charge in [0.1, 0.15) is 23.7 Å². The number of nitrogens with zero attached hydrogens (tertiary/aromatic N) is 3. The molecule has 1 aromatic heterocycles. The van der Waals surface area contributed by atoms with Gasteiger partial charge >= 0.3 is 0 Å². The fourth-order valence-electron chi connectivity index (χ4n) is 5.29. The molecule has 0 radical (unpaired) electrons. The Morgan fingerprint density at radius 2 is 2.06 bits per heavy atom. The van der Waals surface area contributed by atoms with E-state index in [1.54, 1.807) is 12.1 Å². The van der Waals surface area contributed by atoms with E-state index in [1.807, 2.05) is 6.07 Å². The van der Waals surface area contributed by atoms with Gasteiger partial charge in [-0.25, -0.2) is 14.4 Å². The van der Waals surface area contributed by atoms with Crippen LogP contribution in [0.4, 0.5) is 21.6 Å². The second-order valence-electron chi connectivity index (χ2n) is 9.92. The maximum Gasteiger partial charge on any atom is 0.247 e. The average molecular weight is 510 g/mol. The number of carbonyl (C=O) groups is 1. The van der Waals surface area contributed by atoms with Crippen molar-refractivity contribution < 1.29 is 13.9 Å². The van der Waals surface area contributed by atoms with Crippen molar-refractivity contribution in [2.24, 2.45) is 11.3 Å². The first-order valence-electron chi connectivity index (χ1n) is 12.1. The van der Waals surface area contributed by atoms with Gasteiger partial charge in [0.25, 0.3) is 0 Å². The number of fused-ring (bicyclic) bond motifs is 1. The van der Waals surface area contributed by atoms with Crippen LogP contribution in [0.1, 0.15) is 25.7 Å². The number of carbonyl (C=O) groups excluding carboxylic acids is 1. The number of anilines is 3. The maximum absolute atomic E-state index is 13.6. The minimum absolute atomic E-state index is 0.00556. The Morgan fingerprint density at radius 1 is 1.28 bits per heavy atom. The summed E-state index contributed by atoms with van der Waals surface area (Å²) < 4.78 is 19.8. The van der Waals surface area contributed by atoms with Gasteiger partial charge in [0.2, 0.25) is 5.91 Å². The van der Waals surface area contributed by atoms with E-state index in [4.69, 9.17) is 16.3 Å². The molecule has 188 valence electrons. The molecule has 2 N–H and O–H groups in total. The summed E-state index contributed by atoms with van der Waals surface area (Å²) in [5.74, 6) is 0.699. The lowest BCUT2D eigenvalue weighted by molar-refractivity contribution is -0.111. The van der Waals surface area contributed by atoms with Crippen molar-refractivity contribution in [1.82, 2.24) is 14.9 Å². The molecule has 2 heterocycles. The third kappa shape index (κ3) is 5.15. The van der Waals surface area contributed by atoms with Crippen LogP contribution in [0.3, 0.4) is 0 Å². The zero-order valence-electron chi connectivity index (χ0n) is 20.2. The summed E-state index contributed by atoms with van der Waals surface area (Å²) in [5.41, 5.74) is 2.20. The highest BCUT2D eigenvalue weighted by molar-refractivity contribution is 6.31. The van der Waals surface area contributed by atoms with Crippen LogP contribution in [0.15, 0.2) is 49.3 Å². The lowest BCUT2D eigenvalue weighted by atomic mass is 9.58. The number of aromatic nitrogens is 2. The average Bonchev–Trinajstić information content (AvgIpc) is 2.85. The molecule has 2 aliphatic rings. The summed E-state index contributed by atoms with van der Waals surface area (Å²) in [7, 11) is 2.18. The molecule has 7 nitrogen and oxygen atoms in total. The highest BCUT2D eigenvalue weighted by Gasteiger charge is 2.45. The minimum atomic E-state index is -0.501. The van der Waals surface area contributed by atoms with Gasteiger partial charge in [0.05, 0.1) is 22.8 Å². The van der Waals surface area contributed by atoms with Gasteiger partial charge in [0.15, 0.2) is 0 Å². The molecule has 0 bridgehead atoms. The molecular formula is C27H29ClFN5O2. The van der Waals surface area contributed by atoms with Gasteiger partial charge in [-0.15, -0.1) is 0 Å². The molecule has 1 amide bonds. The van der Waals surface area contributed by atoms with Crippen LogP contribution < -0.4 is 15.4 Å². The van der Waals surface area contributed by atoms with Crippen molar-refractivity contribution in [2.45, 2.75) is 25.7 Å². The number of amides is 1. The van der Waals surface area contributed by atoms with E-state index >= 15 is 0 Å². The van der Waals surface area contributed by atoms with E-state index in [9.17, 15) is 9.18 Å². The molecule has 1 aliphatic carbocycles. The molecule has 2 aromatic carbocycles. The van der Waals surface area contributed by atoms with Gasteiger partial charge in [-0.2, -0.15) is 0 Å². The lowest BCUT2D eigenvalue weighted by Crippen LogP contribution is -2.47. The van der Waals surface area contributed by atoms with Crippen LogP contribution in [0.25, 0.3) is 10.9 Å². The highest BCUT2D eigenvalue weighted by atomic mass is 35.5. The Hall–Kier alpha value is -3.23. The van der Waals surface area contributed by atoms with Gasteiger partial charge in [-0.1, -0.05) is 18.2 Å². The second kappa shape index (κ2) is 10.0. The summed E-state index contributed by atoms with van der Waals surface area (Å²) >= 11 is 5.93. The van der Waals surface area contributed by atoms with Crippen molar-refractivity contribution in [3.05, 3.63) is 60.2 Å². The smallest absolute Gasteiger partial charge is 0.247 e. The van der Waals surface area contributed by atoms with Crippen LogP contribution >= 0.6 is 11.6 Å². The SMILES string of the molecule is C=CC(=O)Nc1cc2c(Nc3ccc(F)c(Cl)c3)ncnc2cc1OCC1CC2(CCN(C)CC2)C1. The standard InChI is InChI=1S/C27H29ClFN5O2/c1-3-25(35)33-23-11-19-22(30-16-31-26(19)32-18-4-5-21(29)20(28)10-18)12-24(23)36-15-17-13-27(14-17)6-8-34(2)9-7-27/h3-5,10-12,16-17H,1,6-9,13-15H2,2H3,(H,33,35)(H,30,31,32).